The van der Waals surface area contributed by atoms with Gasteiger partial charge in [-0.05, 0) is 74.7 Å². The Balaban J connectivity index is 1.55. The zero-order valence-corrected chi connectivity index (χ0v) is 21.7. The molecule has 0 radical (unpaired) electrons. The molecule has 1 aliphatic rings. The molecule has 4 rings (SSSR count). The van der Waals surface area contributed by atoms with Crippen molar-refractivity contribution in [2.45, 2.75) is 32.6 Å². The maximum atomic E-state index is 13.5. The minimum atomic E-state index is -3.65. The van der Waals surface area contributed by atoms with Crippen LogP contribution < -0.4 is 4.72 Å². The summed E-state index contributed by atoms with van der Waals surface area (Å²) in [5, 5.41) is 9.73. The largest absolute Gasteiger partial charge is 0.478 e. The topological polar surface area (TPSA) is 126 Å². The number of nitrogens with one attached hydrogen (secondary N) is 1. The van der Waals surface area contributed by atoms with Gasteiger partial charge in [0.25, 0.3) is 11.8 Å². The third-order valence-electron chi connectivity index (χ3n) is 6.62. The molecule has 3 aromatic rings. The summed E-state index contributed by atoms with van der Waals surface area (Å²) in [7, 11) is -3.65. The number of amides is 2. The summed E-state index contributed by atoms with van der Waals surface area (Å²) >= 11 is 0. The lowest BCUT2D eigenvalue weighted by atomic mass is 9.89. The smallest absolute Gasteiger partial charge is 0.337 e. The number of hydrogen-bond donors (Lipinski definition) is 2. The van der Waals surface area contributed by atoms with Crippen LogP contribution in [0, 0.1) is 13.8 Å². The summed E-state index contributed by atoms with van der Waals surface area (Å²) in [5.74, 6) is -1.87. The Bertz CT molecular complexity index is 1450. The summed E-state index contributed by atoms with van der Waals surface area (Å²) in [5.41, 5.74) is 3.92. The number of carbonyl (C=O) groups is 3. The third-order valence-corrected chi connectivity index (χ3v) is 7.17. The molecule has 1 saturated heterocycles. The number of aryl methyl sites for hydroxylation is 2. The minimum Gasteiger partial charge on any atom is -0.478 e. The second kappa shape index (κ2) is 10.2. The number of rotatable bonds is 6. The van der Waals surface area contributed by atoms with Crippen molar-refractivity contribution < 1.29 is 27.9 Å². The predicted molar refractivity (Wildman–Crippen MR) is 139 cm³/mol. The summed E-state index contributed by atoms with van der Waals surface area (Å²) in [4.78, 5) is 39.2. The maximum Gasteiger partial charge on any atom is 0.337 e. The second-order valence-electron chi connectivity index (χ2n) is 9.40. The maximum absolute atomic E-state index is 13.5. The van der Waals surface area contributed by atoms with E-state index in [0.717, 1.165) is 36.0 Å². The van der Waals surface area contributed by atoms with Crippen LogP contribution >= 0.6 is 0 Å². The number of aromatic nitrogens is 1. The monoisotopic (exact) mass is 523 g/mol. The number of piperidine rings is 1. The molecule has 1 aliphatic heterocycles. The number of likely N-dealkylation sites (tertiary alicyclic amines) is 1. The van der Waals surface area contributed by atoms with E-state index in [-0.39, 0.29) is 23.0 Å². The Hall–Kier alpha value is -3.92. The first-order chi connectivity index (χ1) is 17.4. The molecular weight excluding hydrogens is 494 g/mol. The van der Waals surface area contributed by atoms with E-state index in [0.29, 0.717) is 24.3 Å². The van der Waals surface area contributed by atoms with Gasteiger partial charge in [-0.2, -0.15) is 0 Å². The fourth-order valence-electron chi connectivity index (χ4n) is 4.83. The lowest BCUT2D eigenvalue weighted by molar-refractivity contribution is 0.0687. The van der Waals surface area contributed by atoms with E-state index in [4.69, 9.17) is 0 Å². The molecule has 1 atom stereocenters. The number of sulfonamides is 1. The average Bonchev–Trinajstić information content (AvgIpc) is 3.19. The van der Waals surface area contributed by atoms with Crippen molar-refractivity contribution in [2.75, 3.05) is 19.3 Å². The second-order valence-corrected chi connectivity index (χ2v) is 11.2. The summed E-state index contributed by atoms with van der Waals surface area (Å²) in [6.07, 6.45) is 2.58. The molecule has 9 nitrogen and oxygen atoms in total. The lowest BCUT2D eigenvalue weighted by Gasteiger charge is -2.33. The molecule has 0 aliphatic carbocycles. The SMILES string of the molecule is Cc1ccc(C)n1-c1cc(C(=O)N2CCCC(c3ccc(C(=O)NS(C)(=O)=O)cc3)C2)ccc1C(=O)O. The molecule has 37 heavy (non-hydrogen) atoms. The lowest BCUT2D eigenvalue weighted by Crippen LogP contribution is -2.39. The Labute approximate surface area is 215 Å². The summed E-state index contributed by atoms with van der Waals surface area (Å²) in [6.45, 7) is 4.84. The van der Waals surface area contributed by atoms with E-state index in [9.17, 15) is 27.9 Å². The van der Waals surface area contributed by atoms with E-state index < -0.39 is 21.9 Å². The standard InChI is InChI=1S/C27H29N3O6S/c1-17-6-7-18(2)30(17)24-15-21(12-13-23(24)27(33)34)26(32)29-14-4-5-22(16-29)19-8-10-20(11-9-19)25(31)28-37(3,35)36/h6-13,15,22H,4-5,14,16H2,1-3H3,(H,28,31)(H,33,34). The van der Waals surface area contributed by atoms with E-state index >= 15 is 0 Å². The Morgan fingerprint density at radius 2 is 1.57 bits per heavy atom. The third kappa shape index (κ3) is 5.75. The van der Waals surface area contributed by atoms with Crippen LogP contribution in [-0.2, 0) is 10.0 Å². The van der Waals surface area contributed by atoms with E-state index in [1.807, 2.05) is 35.3 Å². The quantitative estimate of drug-likeness (QED) is 0.509. The van der Waals surface area contributed by atoms with Crippen molar-refractivity contribution >= 4 is 27.8 Å². The van der Waals surface area contributed by atoms with Crippen molar-refractivity contribution in [3.8, 4) is 5.69 Å². The Morgan fingerprint density at radius 3 is 2.16 bits per heavy atom. The minimum absolute atomic E-state index is 0.0522. The molecule has 2 N–H and O–H groups in total. The highest BCUT2D eigenvalue weighted by Crippen LogP contribution is 2.29. The molecule has 2 heterocycles. The molecular formula is C27H29N3O6S. The number of carboxylic acids is 1. The Kier molecular flexibility index (Phi) is 7.22. The highest BCUT2D eigenvalue weighted by molar-refractivity contribution is 7.89. The number of carbonyl (C=O) groups excluding carboxylic acids is 2. The van der Waals surface area contributed by atoms with Crippen LogP contribution in [0.4, 0.5) is 0 Å². The van der Waals surface area contributed by atoms with Crippen LogP contribution in [0.15, 0.2) is 54.6 Å². The van der Waals surface area contributed by atoms with Gasteiger partial charge in [0.05, 0.1) is 17.5 Å². The van der Waals surface area contributed by atoms with Crippen molar-refractivity contribution in [2.24, 2.45) is 0 Å². The average molecular weight is 524 g/mol. The molecule has 10 heteroatoms. The van der Waals surface area contributed by atoms with Crippen LogP contribution in [0.25, 0.3) is 5.69 Å². The fraction of sp³-hybridized carbons (Fsp3) is 0.296. The van der Waals surface area contributed by atoms with Crippen LogP contribution in [0.2, 0.25) is 0 Å². The van der Waals surface area contributed by atoms with Gasteiger partial charge >= 0.3 is 5.97 Å². The van der Waals surface area contributed by atoms with Crippen molar-refractivity contribution in [1.29, 1.82) is 0 Å². The number of benzene rings is 2. The first kappa shape index (κ1) is 26.2. The molecule has 0 bridgehead atoms. The number of aromatic carboxylic acids is 1. The van der Waals surface area contributed by atoms with Gasteiger partial charge in [0.15, 0.2) is 0 Å². The van der Waals surface area contributed by atoms with Crippen molar-refractivity contribution in [1.82, 2.24) is 14.2 Å². The molecule has 0 spiro atoms. The molecule has 1 fully saturated rings. The fourth-order valence-corrected chi connectivity index (χ4v) is 5.28. The highest BCUT2D eigenvalue weighted by Gasteiger charge is 2.27. The molecule has 2 aromatic carbocycles. The molecule has 0 saturated carbocycles. The number of carboxylic acid groups (broad SMARTS) is 1. The number of nitrogens with zero attached hydrogens (tertiary/aromatic N) is 2. The number of hydrogen-bond acceptors (Lipinski definition) is 5. The van der Waals surface area contributed by atoms with E-state index in [1.165, 1.54) is 6.07 Å². The van der Waals surface area contributed by atoms with Crippen LogP contribution in [-0.4, -0.2) is 60.1 Å². The molecule has 194 valence electrons. The van der Waals surface area contributed by atoms with Gasteiger partial charge in [-0.1, -0.05) is 12.1 Å². The molecule has 2 amide bonds. The van der Waals surface area contributed by atoms with Gasteiger partial charge in [0.1, 0.15) is 0 Å². The van der Waals surface area contributed by atoms with Gasteiger partial charge < -0.3 is 14.6 Å². The van der Waals surface area contributed by atoms with Crippen LogP contribution in [0.1, 0.15) is 66.8 Å². The molecule has 1 unspecified atom stereocenters. The van der Waals surface area contributed by atoms with E-state index in [1.54, 1.807) is 41.3 Å². The van der Waals surface area contributed by atoms with Crippen LogP contribution in [0.3, 0.4) is 0 Å². The zero-order valence-electron chi connectivity index (χ0n) is 20.9. The zero-order chi connectivity index (χ0) is 26.9. The normalized spacial score (nSPS) is 15.9. The highest BCUT2D eigenvalue weighted by atomic mass is 32.2. The Morgan fingerprint density at radius 1 is 0.946 bits per heavy atom. The van der Waals surface area contributed by atoms with Crippen molar-refractivity contribution in [3.05, 3.63) is 88.2 Å². The van der Waals surface area contributed by atoms with Crippen LogP contribution in [0.5, 0.6) is 0 Å². The van der Waals surface area contributed by atoms with Gasteiger partial charge in [-0.3, -0.25) is 9.59 Å². The first-order valence-electron chi connectivity index (χ1n) is 11.9. The van der Waals surface area contributed by atoms with Gasteiger partial charge in [-0.25, -0.2) is 17.9 Å². The van der Waals surface area contributed by atoms with Gasteiger partial charge in [0, 0.05) is 41.5 Å². The summed E-state index contributed by atoms with van der Waals surface area (Å²) in [6, 6.07) is 15.2. The van der Waals surface area contributed by atoms with Crippen molar-refractivity contribution in [3.63, 3.8) is 0 Å². The predicted octanol–water partition coefficient (Wildman–Crippen LogP) is 3.50. The summed E-state index contributed by atoms with van der Waals surface area (Å²) < 4.78 is 26.4. The molecule has 1 aromatic heterocycles. The van der Waals surface area contributed by atoms with Gasteiger partial charge in [-0.15, -0.1) is 0 Å². The first-order valence-corrected chi connectivity index (χ1v) is 13.8. The van der Waals surface area contributed by atoms with Gasteiger partial charge in [0.2, 0.25) is 10.0 Å². The van der Waals surface area contributed by atoms with E-state index in [2.05, 4.69) is 0 Å².